The number of aromatic nitrogens is 1. The molecule has 9 heteroatoms. The maximum Gasteiger partial charge on any atom is 0.261 e. The molecule has 7 nitrogen and oxygen atoms in total. The first-order valence-electron chi connectivity index (χ1n) is 7.41. The third kappa shape index (κ3) is 3.90. The fraction of sp³-hybridized carbons (Fsp3) is 0.0588. The third-order valence-corrected chi connectivity index (χ3v) is 5.21. The lowest BCUT2D eigenvalue weighted by Crippen LogP contribution is -2.16. The monoisotopic (exact) mass is 389 g/mol. The van der Waals surface area contributed by atoms with E-state index < -0.39 is 15.9 Å². The van der Waals surface area contributed by atoms with E-state index in [4.69, 9.17) is 9.88 Å². The molecule has 0 unspecified atom stereocenters. The first-order chi connectivity index (χ1) is 12.4. The number of methoxy groups -OCH3 is 1. The summed E-state index contributed by atoms with van der Waals surface area (Å²) >= 11 is 1.26. The maximum atomic E-state index is 12.6. The number of thiazole rings is 1. The van der Waals surface area contributed by atoms with E-state index in [9.17, 15) is 13.2 Å². The van der Waals surface area contributed by atoms with Gasteiger partial charge in [-0.3, -0.25) is 10.1 Å². The van der Waals surface area contributed by atoms with E-state index in [-0.39, 0.29) is 16.2 Å². The zero-order valence-corrected chi connectivity index (χ0v) is 15.3. The third-order valence-electron chi connectivity index (χ3n) is 3.54. The van der Waals surface area contributed by atoms with Crippen molar-refractivity contribution in [3.05, 3.63) is 59.5 Å². The number of amides is 1. The number of rotatable bonds is 5. The Balaban J connectivity index is 1.88. The minimum absolute atomic E-state index is 0.0514. The highest BCUT2D eigenvalue weighted by Crippen LogP contribution is 2.27. The maximum absolute atomic E-state index is 12.6. The summed E-state index contributed by atoms with van der Waals surface area (Å²) in [5, 5.41) is 9.99. The molecule has 0 bridgehead atoms. The van der Waals surface area contributed by atoms with Crippen LogP contribution in [0.1, 0.15) is 10.4 Å². The van der Waals surface area contributed by atoms with Crippen molar-refractivity contribution in [3.8, 4) is 17.0 Å². The second kappa shape index (κ2) is 7.24. The molecule has 0 aliphatic rings. The number of hydrogen-bond acceptors (Lipinski definition) is 6. The molecule has 134 valence electrons. The molecule has 0 fully saturated rings. The lowest BCUT2D eigenvalue weighted by atomic mass is 10.2. The average molecular weight is 389 g/mol. The number of benzene rings is 2. The highest BCUT2D eigenvalue weighted by molar-refractivity contribution is 7.89. The summed E-state index contributed by atoms with van der Waals surface area (Å²) in [7, 11) is -2.55. The van der Waals surface area contributed by atoms with Gasteiger partial charge >= 0.3 is 0 Å². The predicted octanol–water partition coefficient (Wildman–Crippen LogP) is 2.72. The predicted molar refractivity (Wildman–Crippen MR) is 99.9 cm³/mol. The molecule has 0 spiro atoms. The first kappa shape index (κ1) is 18.1. The van der Waals surface area contributed by atoms with E-state index >= 15 is 0 Å². The molecule has 0 aliphatic carbocycles. The number of anilines is 1. The van der Waals surface area contributed by atoms with Crippen molar-refractivity contribution in [1.29, 1.82) is 0 Å². The Labute approximate surface area is 154 Å². The van der Waals surface area contributed by atoms with Crippen LogP contribution in [-0.2, 0) is 10.0 Å². The molecule has 0 aliphatic heterocycles. The number of nitrogens with two attached hydrogens (primary N) is 1. The second-order valence-corrected chi connectivity index (χ2v) is 7.68. The van der Waals surface area contributed by atoms with Gasteiger partial charge < -0.3 is 4.74 Å². The van der Waals surface area contributed by atoms with Gasteiger partial charge in [0.25, 0.3) is 5.91 Å². The molecule has 26 heavy (non-hydrogen) atoms. The lowest BCUT2D eigenvalue weighted by molar-refractivity contribution is 0.102. The van der Waals surface area contributed by atoms with Crippen molar-refractivity contribution in [3.63, 3.8) is 0 Å². The Morgan fingerprint density at radius 2 is 1.92 bits per heavy atom. The number of nitrogens with one attached hydrogen (secondary N) is 1. The number of nitrogens with zero attached hydrogens (tertiary/aromatic N) is 1. The zero-order chi connectivity index (χ0) is 18.7. The van der Waals surface area contributed by atoms with Crippen LogP contribution in [0.3, 0.4) is 0 Å². The van der Waals surface area contributed by atoms with Gasteiger partial charge in [0.05, 0.1) is 23.3 Å². The van der Waals surface area contributed by atoms with Crippen LogP contribution in [0.4, 0.5) is 5.13 Å². The molecule has 0 radical (unpaired) electrons. The minimum atomic E-state index is -3.94. The topological polar surface area (TPSA) is 111 Å². The van der Waals surface area contributed by atoms with Crippen LogP contribution < -0.4 is 15.2 Å². The summed E-state index contributed by atoms with van der Waals surface area (Å²) in [6.45, 7) is 0. The highest BCUT2D eigenvalue weighted by atomic mass is 32.2. The molecule has 1 heterocycles. The van der Waals surface area contributed by atoms with E-state index in [1.54, 1.807) is 0 Å². The van der Waals surface area contributed by atoms with Gasteiger partial charge in [0.1, 0.15) is 5.75 Å². The number of ether oxygens (including phenoxy) is 1. The lowest BCUT2D eigenvalue weighted by Gasteiger charge is -2.09. The summed E-state index contributed by atoms with van der Waals surface area (Å²) in [6, 6.07) is 13.4. The molecule has 0 atom stereocenters. The highest BCUT2D eigenvalue weighted by Gasteiger charge is 2.18. The van der Waals surface area contributed by atoms with Crippen molar-refractivity contribution in [2.45, 2.75) is 4.90 Å². The van der Waals surface area contributed by atoms with Crippen LogP contribution in [0.5, 0.6) is 5.75 Å². The molecule has 0 saturated carbocycles. The standard InChI is InChI=1S/C17H15N3O4S2/c1-24-15-8-7-12(26(18,22)23)9-13(15)16(21)20-17-19-14(10-25-17)11-5-3-2-4-6-11/h2-10H,1H3,(H2,18,22,23)(H,19,20,21). The molecular weight excluding hydrogens is 374 g/mol. The molecule has 3 aromatic rings. The molecule has 3 N–H and O–H groups in total. The van der Waals surface area contributed by atoms with E-state index in [2.05, 4.69) is 10.3 Å². The Hall–Kier alpha value is -2.75. The smallest absolute Gasteiger partial charge is 0.261 e. The van der Waals surface area contributed by atoms with Crippen molar-refractivity contribution in [2.24, 2.45) is 5.14 Å². The Bertz CT molecular complexity index is 1050. The van der Waals surface area contributed by atoms with Gasteiger partial charge in [0.2, 0.25) is 10.0 Å². The van der Waals surface area contributed by atoms with Crippen LogP contribution in [0.25, 0.3) is 11.3 Å². The van der Waals surface area contributed by atoms with Crippen LogP contribution in [-0.4, -0.2) is 26.4 Å². The summed E-state index contributed by atoms with van der Waals surface area (Å²) in [5.74, 6) is -0.309. The largest absolute Gasteiger partial charge is 0.496 e. The first-order valence-corrected chi connectivity index (χ1v) is 9.84. The molecule has 0 saturated heterocycles. The van der Waals surface area contributed by atoms with Crippen molar-refractivity contribution in [1.82, 2.24) is 4.98 Å². The van der Waals surface area contributed by atoms with Crippen LogP contribution >= 0.6 is 11.3 Å². The Kier molecular flexibility index (Phi) is 5.03. The fourth-order valence-electron chi connectivity index (χ4n) is 2.28. The van der Waals surface area contributed by atoms with E-state index in [1.807, 2.05) is 35.7 Å². The van der Waals surface area contributed by atoms with Crippen LogP contribution in [0.15, 0.2) is 58.8 Å². The van der Waals surface area contributed by atoms with Gasteiger partial charge in [0.15, 0.2) is 5.13 Å². The number of hydrogen-bond donors (Lipinski definition) is 2. The average Bonchev–Trinajstić information content (AvgIpc) is 3.09. The van der Waals surface area contributed by atoms with Gasteiger partial charge in [-0.25, -0.2) is 18.5 Å². The van der Waals surface area contributed by atoms with Crippen molar-refractivity contribution < 1.29 is 17.9 Å². The number of primary sulfonamides is 1. The van der Waals surface area contributed by atoms with Gasteiger partial charge in [-0.05, 0) is 18.2 Å². The summed E-state index contributed by atoms with van der Waals surface area (Å²) in [6.07, 6.45) is 0. The molecular formula is C17H15N3O4S2. The zero-order valence-electron chi connectivity index (χ0n) is 13.7. The summed E-state index contributed by atoms with van der Waals surface area (Å²) in [5.41, 5.74) is 1.71. The summed E-state index contributed by atoms with van der Waals surface area (Å²) in [4.78, 5) is 16.8. The molecule has 3 rings (SSSR count). The Morgan fingerprint density at radius 3 is 2.58 bits per heavy atom. The summed E-state index contributed by atoms with van der Waals surface area (Å²) < 4.78 is 28.2. The normalized spacial score (nSPS) is 11.2. The second-order valence-electron chi connectivity index (χ2n) is 5.27. The fourth-order valence-corrected chi connectivity index (χ4v) is 3.53. The van der Waals surface area contributed by atoms with Crippen LogP contribution in [0, 0.1) is 0 Å². The van der Waals surface area contributed by atoms with E-state index in [0.717, 1.165) is 11.3 Å². The van der Waals surface area contributed by atoms with Gasteiger partial charge in [0, 0.05) is 10.9 Å². The van der Waals surface area contributed by atoms with Crippen LogP contribution in [0.2, 0.25) is 0 Å². The molecule has 2 aromatic carbocycles. The quantitative estimate of drug-likeness (QED) is 0.697. The Morgan fingerprint density at radius 1 is 1.19 bits per heavy atom. The molecule has 1 aromatic heterocycles. The minimum Gasteiger partial charge on any atom is -0.496 e. The van der Waals surface area contributed by atoms with Gasteiger partial charge in [-0.1, -0.05) is 30.3 Å². The number of carbonyl (C=O) groups excluding carboxylic acids is 1. The number of sulfonamides is 1. The van der Waals surface area contributed by atoms with Gasteiger partial charge in [-0.15, -0.1) is 11.3 Å². The van der Waals surface area contributed by atoms with Crippen molar-refractivity contribution >= 4 is 32.4 Å². The van der Waals surface area contributed by atoms with Crippen molar-refractivity contribution in [2.75, 3.05) is 12.4 Å². The van der Waals surface area contributed by atoms with E-state index in [1.165, 1.54) is 36.6 Å². The van der Waals surface area contributed by atoms with Gasteiger partial charge in [-0.2, -0.15) is 0 Å². The van der Waals surface area contributed by atoms with E-state index in [0.29, 0.717) is 5.13 Å². The SMILES string of the molecule is COc1ccc(S(N)(=O)=O)cc1C(=O)Nc1nc(-c2ccccc2)cs1. The molecule has 1 amide bonds. The number of carbonyl (C=O) groups is 1.